The number of carbonyl (C=O) groups is 2. The van der Waals surface area contributed by atoms with Crippen LogP contribution in [0.1, 0.15) is 72.1 Å². The molecule has 26 heavy (non-hydrogen) atoms. The second-order valence-electron chi connectivity index (χ2n) is 9.08. The van der Waals surface area contributed by atoms with Gasteiger partial charge in [0.1, 0.15) is 12.6 Å². The van der Waals surface area contributed by atoms with E-state index in [4.69, 9.17) is 11.6 Å². The fourth-order valence-corrected chi connectivity index (χ4v) is 5.44. The first-order chi connectivity index (χ1) is 12.4. The third kappa shape index (κ3) is 4.21. The highest BCUT2D eigenvalue weighted by Crippen LogP contribution is 2.37. The topological polar surface area (TPSA) is 40.6 Å². The van der Waals surface area contributed by atoms with Crippen molar-refractivity contribution in [1.82, 2.24) is 9.80 Å². The average Bonchev–Trinajstić information content (AvgIpc) is 2.60. The maximum atomic E-state index is 13.3. The van der Waals surface area contributed by atoms with Crippen molar-refractivity contribution in [3.63, 3.8) is 0 Å². The predicted octanol–water partition coefficient (Wildman–Crippen LogP) is 4.06. The lowest BCUT2D eigenvalue weighted by atomic mass is 9.78. The number of alkyl halides is 1. The molecule has 1 aliphatic heterocycles. The maximum Gasteiger partial charge on any atom is 0.246 e. The summed E-state index contributed by atoms with van der Waals surface area (Å²) in [7, 11) is 0. The van der Waals surface area contributed by atoms with E-state index in [0.29, 0.717) is 11.8 Å². The Bertz CT molecular complexity index is 516. The van der Waals surface area contributed by atoms with E-state index < -0.39 is 0 Å². The minimum Gasteiger partial charge on any atom is -0.329 e. The Morgan fingerprint density at radius 2 is 1.69 bits per heavy atom. The molecule has 0 spiro atoms. The van der Waals surface area contributed by atoms with Gasteiger partial charge in [-0.1, -0.05) is 26.2 Å². The van der Waals surface area contributed by atoms with Gasteiger partial charge in [0.15, 0.2) is 0 Å². The fourth-order valence-electron chi connectivity index (χ4n) is 5.19. The van der Waals surface area contributed by atoms with Crippen LogP contribution in [0.25, 0.3) is 0 Å². The molecule has 2 aliphatic carbocycles. The number of rotatable bonds is 4. The van der Waals surface area contributed by atoms with Crippen molar-refractivity contribution < 1.29 is 9.59 Å². The first kappa shape index (κ1) is 20.0. The molecule has 0 aromatic rings. The summed E-state index contributed by atoms with van der Waals surface area (Å²) in [5.74, 6) is 1.77. The molecule has 148 valence electrons. The molecule has 3 aliphatic rings. The summed E-state index contributed by atoms with van der Waals surface area (Å²) in [6.07, 6.45) is 8.83. The Morgan fingerprint density at radius 3 is 2.31 bits per heavy atom. The van der Waals surface area contributed by atoms with Crippen molar-refractivity contribution >= 4 is 23.4 Å². The minimum absolute atomic E-state index is 0.0778. The van der Waals surface area contributed by atoms with Crippen LogP contribution in [0.15, 0.2) is 0 Å². The molecule has 3 atom stereocenters. The third-order valence-corrected chi connectivity index (χ3v) is 7.43. The van der Waals surface area contributed by atoms with Crippen molar-refractivity contribution in [3.8, 4) is 0 Å². The zero-order valence-corrected chi connectivity index (χ0v) is 17.4. The van der Waals surface area contributed by atoms with E-state index in [1.807, 2.05) is 18.7 Å². The van der Waals surface area contributed by atoms with E-state index in [1.165, 1.54) is 25.7 Å². The molecule has 0 N–H and O–H groups in total. The van der Waals surface area contributed by atoms with Gasteiger partial charge in [0.2, 0.25) is 11.8 Å². The van der Waals surface area contributed by atoms with Crippen molar-refractivity contribution in [2.24, 2.45) is 17.8 Å². The summed E-state index contributed by atoms with van der Waals surface area (Å²) in [6, 6.07) is -0.189. The number of hydrogen-bond donors (Lipinski definition) is 0. The van der Waals surface area contributed by atoms with Crippen molar-refractivity contribution in [2.45, 2.75) is 89.6 Å². The zero-order chi connectivity index (χ0) is 18.8. The van der Waals surface area contributed by atoms with Crippen LogP contribution in [0.4, 0.5) is 0 Å². The lowest BCUT2D eigenvalue weighted by molar-refractivity contribution is -0.162. The lowest BCUT2D eigenvalue weighted by Crippen LogP contribution is -2.64. The first-order valence-electron chi connectivity index (χ1n) is 10.6. The number of nitrogens with zero attached hydrogens (tertiary/aromatic N) is 2. The van der Waals surface area contributed by atoms with E-state index in [2.05, 4.69) is 6.92 Å². The summed E-state index contributed by atoms with van der Waals surface area (Å²) in [5, 5.41) is 0.230. The molecule has 2 saturated carbocycles. The summed E-state index contributed by atoms with van der Waals surface area (Å²) in [4.78, 5) is 30.2. The summed E-state index contributed by atoms with van der Waals surface area (Å²) in [6.45, 7) is 7.35. The molecule has 1 saturated heterocycles. The number of amides is 2. The number of carbonyl (C=O) groups excluding carboxylic acids is 2. The summed E-state index contributed by atoms with van der Waals surface area (Å²) in [5.41, 5.74) is 0. The molecular formula is C21H35ClN2O2. The Morgan fingerprint density at radius 1 is 1.04 bits per heavy atom. The highest BCUT2D eigenvalue weighted by atomic mass is 35.5. The van der Waals surface area contributed by atoms with E-state index in [1.54, 1.807) is 4.90 Å². The molecule has 0 aromatic heterocycles. The van der Waals surface area contributed by atoms with Crippen LogP contribution in [0.3, 0.4) is 0 Å². The second-order valence-corrected chi connectivity index (χ2v) is 9.70. The highest BCUT2D eigenvalue weighted by Gasteiger charge is 2.45. The molecule has 0 aromatic carbocycles. The van der Waals surface area contributed by atoms with Gasteiger partial charge >= 0.3 is 0 Å². The monoisotopic (exact) mass is 382 g/mol. The van der Waals surface area contributed by atoms with Crippen LogP contribution in [0.5, 0.6) is 0 Å². The fraction of sp³-hybridized carbons (Fsp3) is 0.905. The smallest absolute Gasteiger partial charge is 0.246 e. The Kier molecular flexibility index (Phi) is 6.53. The van der Waals surface area contributed by atoms with Crippen LogP contribution in [0, 0.1) is 17.8 Å². The maximum absolute atomic E-state index is 13.3. The van der Waals surface area contributed by atoms with Crippen LogP contribution in [-0.2, 0) is 9.59 Å². The molecule has 1 heterocycles. The predicted molar refractivity (Wildman–Crippen MR) is 105 cm³/mol. The Hall–Kier alpha value is -0.770. The van der Waals surface area contributed by atoms with Gasteiger partial charge in [-0.3, -0.25) is 9.59 Å². The van der Waals surface area contributed by atoms with Gasteiger partial charge in [-0.15, -0.1) is 11.6 Å². The van der Waals surface area contributed by atoms with Crippen LogP contribution < -0.4 is 0 Å². The van der Waals surface area contributed by atoms with Crippen molar-refractivity contribution in [2.75, 3.05) is 13.1 Å². The number of halogens is 1. The van der Waals surface area contributed by atoms with Gasteiger partial charge in [0, 0.05) is 18.0 Å². The van der Waals surface area contributed by atoms with Gasteiger partial charge in [-0.2, -0.15) is 0 Å². The second kappa shape index (κ2) is 8.50. The van der Waals surface area contributed by atoms with E-state index in [-0.39, 0.29) is 41.7 Å². The largest absolute Gasteiger partial charge is 0.329 e. The molecule has 2 amide bonds. The van der Waals surface area contributed by atoms with Crippen LogP contribution in [-0.4, -0.2) is 52.2 Å². The van der Waals surface area contributed by atoms with Gasteiger partial charge in [-0.25, -0.2) is 0 Å². The normalized spacial score (nSPS) is 36.7. The first-order valence-corrected chi connectivity index (χ1v) is 11.1. The molecule has 5 heteroatoms. The van der Waals surface area contributed by atoms with E-state index in [9.17, 15) is 9.59 Å². The van der Waals surface area contributed by atoms with Crippen LogP contribution >= 0.6 is 11.6 Å². The standard InChI is InChI=1S/C21H35ClN2O2/c1-14(2)23-13-19(25)24(12-17-7-5-4-6-15(17)3)20(21(23)26)16-8-10-18(22)11-9-16/h14-18,20H,4-13H2,1-3H3. The lowest BCUT2D eigenvalue weighted by Gasteiger charge is -2.47. The molecule has 0 bridgehead atoms. The van der Waals surface area contributed by atoms with Gasteiger partial charge in [0.05, 0.1) is 0 Å². The number of hydrogen-bond acceptors (Lipinski definition) is 2. The molecule has 4 nitrogen and oxygen atoms in total. The van der Waals surface area contributed by atoms with Gasteiger partial charge < -0.3 is 9.80 Å². The minimum atomic E-state index is -0.267. The molecule has 3 fully saturated rings. The number of piperazine rings is 1. The van der Waals surface area contributed by atoms with Gasteiger partial charge in [0.25, 0.3) is 0 Å². The average molecular weight is 383 g/mol. The Balaban J connectivity index is 1.81. The van der Waals surface area contributed by atoms with E-state index >= 15 is 0 Å². The molecule has 3 rings (SSSR count). The molecule has 3 unspecified atom stereocenters. The quantitative estimate of drug-likeness (QED) is 0.688. The highest BCUT2D eigenvalue weighted by molar-refractivity contribution is 6.20. The summed E-state index contributed by atoms with van der Waals surface area (Å²) < 4.78 is 0. The summed E-state index contributed by atoms with van der Waals surface area (Å²) >= 11 is 6.30. The van der Waals surface area contributed by atoms with Crippen molar-refractivity contribution in [3.05, 3.63) is 0 Å². The SMILES string of the molecule is CC1CCCCC1CN1C(=O)CN(C(C)C)C(=O)C1C1CCC(Cl)CC1. The van der Waals surface area contributed by atoms with Gasteiger partial charge in [-0.05, 0) is 63.7 Å². The van der Waals surface area contributed by atoms with Crippen molar-refractivity contribution in [1.29, 1.82) is 0 Å². The Labute approximate surface area is 163 Å². The third-order valence-electron chi connectivity index (χ3n) is 6.99. The van der Waals surface area contributed by atoms with Crippen LogP contribution in [0.2, 0.25) is 0 Å². The van der Waals surface area contributed by atoms with E-state index in [0.717, 1.165) is 32.2 Å². The molecule has 0 radical (unpaired) electrons. The zero-order valence-electron chi connectivity index (χ0n) is 16.6. The molecular weight excluding hydrogens is 348 g/mol.